The highest BCUT2D eigenvalue weighted by atomic mass is 16.5. The lowest BCUT2D eigenvalue weighted by atomic mass is 9.91. The fourth-order valence-electron chi connectivity index (χ4n) is 2.05. The van der Waals surface area contributed by atoms with Gasteiger partial charge in [-0.15, -0.1) is 0 Å². The molecule has 1 rings (SSSR count). The highest BCUT2D eigenvalue weighted by Crippen LogP contribution is 2.24. The average molecular weight is 280 g/mol. The molecule has 0 bridgehead atoms. The van der Waals surface area contributed by atoms with Crippen LogP contribution in [0.3, 0.4) is 0 Å². The van der Waals surface area contributed by atoms with Gasteiger partial charge in [0.05, 0.1) is 18.8 Å². The molecule has 0 aromatic carbocycles. The fourth-order valence-corrected chi connectivity index (χ4v) is 2.05. The third kappa shape index (κ3) is 4.37. The molecule has 6 atom stereocenters. The van der Waals surface area contributed by atoms with Crippen molar-refractivity contribution in [1.29, 1.82) is 0 Å². The maximum absolute atomic E-state index is 10.4. The Morgan fingerprint density at radius 3 is 2.21 bits per heavy atom. The molecule has 0 radical (unpaired) electrons. The summed E-state index contributed by atoms with van der Waals surface area (Å²) in [5, 5.41) is 55.9. The zero-order chi connectivity index (χ0) is 14.6. The predicted octanol–water partition coefficient (Wildman–Crippen LogP) is -2.56. The van der Waals surface area contributed by atoms with E-state index in [-0.39, 0.29) is 19.3 Å². The number of ether oxygens (including phenoxy) is 1. The summed E-state index contributed by atoms with van der Waals surface area (Å²) in [4.78, 5) is 10.4. The number of rotatable bonds is 6. The molecule has 1 fully saturated rings. The molecule has 0 aliphatic carbocycles. The van der Waals surface area contributed by atoms with E-state index in [1.54, 1.807) is 0 Å². The first-order chi connectivity index (χ1) is 8.86. The van der Waals surface area contributed by atoms with Crippen LogP contribution >= 0.6 is 0 Å². The molecule has 6 N–H and O–H groups in total. The van der Waals surface area contributed by atoms with Crippen LogP contribution in [0.5, 0.6) is 0 Å². The van der Waals surface area contributed by atoms with Crippen molar-refractivity contribution < 1.29 is 40.2 Å². The summed E-state index contributed by atoms with van der Waals surface area (Å²) in [6.45, 7) is -0.535. The molecular weight excluding hydrogens is 260 g/mol. The van der Waals surface area contributed by atoms with E-state index in [0.29, 0.717) is 0 Å². The van der Waals surface area contributed by atoms with Gasteiger partial charge in [0.1, 0.15) is 24.4 Å². The van der Waals surface area contributed by atoms with Crippen LogP contribution < -0.4 is 0 Å². The Hall–Kier alpha value is -0.770. The summed E-state index contributed by atoms with van der Waals surface area (Å²) in [6.07, 6.45) is -7.66. The highest BCUT2D eigenvalue weighted by molar-refractivity contribution is 5.66. The van der Waals surface area contributed by atoms with Gasteiger partial charge in [-0.25, -0.2) is 0 Å². The molecule has 1 aliphatic rings. The number of aliphatic hydroxyl groups excluding tert-OH is 5. The van der Waals surface area contributed by atoms with Gasteiger partial charge in [0.25, 0.3) is 0 Å². The van der Waals surface area contributed by atoms with Crippen LogP contribution in [-0.2, 0) is 9.53 Å². The molecular formula is C11H20O8. The van der Waals surface area contributed by atoms with Gasteiger partial charge in [0, 0.05) is 12.8 Å². The second-order valence-electron chi connectivity index (χ2n) is 4.69. The van der Waals surface area contributed by atoms with Crippen molar-refractivity contribution >= 4 is 5.97 Å². The molecule has 0 saturated carbocycles. The molecule has 1 saturated heterocycles. The molecule has 0 aromatic heterocycles. The lowest BCUT2D eigenvalue weighted by Crippen LogP contribution is -2.59. The van der Waals surface area contributed by atoms with Crippen molar-refractivity contribution in [3.8, 4) is 0 Å². The zero-order valence-corrected chi connectivity index (χ0v) is 10.3. The van der Waals surface area contributed by atoms with E-state index in [1.165, 1.54) is 0 Å². The van der Waals surface area contributed by atoms with Crippen LogP contribution in [0.15, 0.2) is 0 Å². The summed E-state index contributed by atoms with van der Waals surface area (Å²) < 4.78 is 5.19. The number of aliphatic hydroxyl groups is 5. The van der Waals surface area contributed by atoms with Gasteiger partial charge < -0.3 is 35.4 Å². The topological polar surface area (TPSA) is 148 Å². The van der Waals surface area contributed by atoms with Crippen LogP contribution in [0.1, 0.15) is 19.3 Å². The average Bonchev–Trinajstić information content (AvgIpc) is 2.37. The van der Waals surface area contributed by atoms with Gasteiger partial charge in [-0.3, -0.25) is 4.79 Å². The minimum Gasteiger partial charge on any atom is -0.481 e. The Balaban J connectivity index is 2.54. The molecule has 0 spiro atoms. The lowest BCUT2D eigenvalue weighted by molar-refractivity contribution is -0.234. The monoisotopic (exact) mass is 280 g/mol. The number of carbonyl (C=O) groups is 1. The van der Waals surface area contributed by atoms with Gasteiger partial charge in [0.15, 0.2) is 0 Å². The number of hydrogen-bond donors (Lipinski definition) is 6. The number of aliphatic carboxylic acids is 1. The SMILES string of the molecule is O=C(O)CCC(O)C[C@@H]1O[C@H](CO)[C@@H](O)[C@H](O)[C@H]1O. The van der Waals surface area contributed by atoms with Crippen molar-refractivity contribution in [3.63, 3.8) is 0 Å². The highest BCUT2D eigenvalue weighted by Gasteiger charge is 2.43. The van der Waals surface area contributed by atoms with E-state index in [9.17, 15) is 25.2 Å². The zero-order valence-electron chi connectivity index (χ0n) is 10.3. The third-order valence-corrected chi connectivity index (χ3v) is 3.19. The number of carboxylic acids is 1. The second-order valence-corrected chi connectivity index (χ2v) is 4.69. The maximum atomic E-state index is 10.4. The van der Waals surface area contributed by atoms with E-state index in [4.69, 9.17) is 14.9 Å². The largest absolute Gasteiger partial charge is 0.481 e. The predicted molar refractivity (Wildman–Crippen MR) is 61.3 cm³/mol. The van der Waals surface area contributed by atoms with Crippen LogP contribution in [0.2, 0.25) is 0 Å². The molecule has 19 heavy (non-hydrogen) atoms. The van der Waals surface area contributed by atoms with E-state index in [1.807, 2.05) is 0 Å². The molecule has 1 aliphatic heterocycles. The Bertz CT molecular complexity index is 294. The van der Waals surface area contributed by atoms with E-state index < -0.39 is 49.2 Å². The summed E-state index contributed by atoms with van der Waals surface area (Å²) in [6, 6.07) is 0. The first-order valence-electron chi connectivity index (χ1n) is 6.07. The van der Waals surface area contributed by atoms with Crippen molar-refractivity contribution in [1.82, 2.24) is 0 Å². The Morgan fingerprint density at radius 2 is 1.68 bits per heavy atom. The van der Waals surface area contributed by atoms with E-state index in [0.717, 1.165) is 0 Å². The summed E-state index contributed by atoms with van der Waals surface area (Å²) in [5.41, 5.74) is 0. The molecule has 0 aromatic rings. The van der Waals surface area contributed by atoms with Crippen LogP contribution in [0, 0.1) is 0 Å². The van der Waals surface area contributed by atoms with Gasteiger partial charge in [-0.2, -0.15) is 0 Å². The Morgan fingerprint density at radius 1 is 1.11 bits per heavy atom. The summed E-state index contributed by atoms with van der Waals surface area (Å²) >= 11 is 0. The van der Waals surface area contributed by atoms with Crippen LogP contribution in [-0.4, -0.2) is 79.8 Å². The molecule has 8 heteroatoms. The first kappa shape index (κ1) is 16.3. The first-order valence-corrected chi connectivity index (χ1v) is 6.07. The minimum atomic E-state index is -1.48. The molecule has 1 unspecified atom stereocenters. The summed E-state index contributed by atoms with van der Waals surface area (Å²) in [5.74, 6) is -1.05. The maximum Gasteiger partial charge on any atom is 0.303 e. The van der Waals surface area contributed by atoms with Gasteiger partial charge in [-0.05, 0) is 6.42 Å². The normalized spacial score (nSPS) is 37.0. The van der Waals surface area contributed by atoms with Crippen molar-refractivity contribution in [2.24, 2.45) is 0 Å². The number of hydrogen-bond acceptors (Lipinski definition) is 7. The van der Waals surface area contributed by atoms with Gasteiger partial charge >= 0.3 is 5.97 Å². The molecule has 8 nitrogen and oxygen atoms in total. The van der Waals surface area contributed by atoms with Crippen molar-refractivity contribution in [3.05, 3.63) is 0 Å². The number of carboxylic acid groups (broad SMARTS) is 1. The minimum absolute atomic E-state index is 0.00957. The van der Waals surface area contributed by atoms with Crippen LogP contribution in [0.4, 0.5) is 0 Å². The second kappa shape index (κ2) is 7.13. The molecule has 0 amide bonds. The fraction of sp³-hybridized carbons (Fsp3) is 0.909. The van der Waals surface area contributed by atoms with Gasteiger partial charge in [-0.1, -0.05) is 0 Å². The standard InChI is InChI=1S/C11H20O8/c12-4-7-10(17)11(18)9(16)6(19-7)3-5(13)1-2-8(14)15/h5-7,9-13,16-18H,1-4H2,(H,14,15)/t5?,6-,7+,9-,10+,11+/m0/s1. The van der Waals surface area contributed by atoms with Gasteiger partial charge in [0.2, 0.25) is 0 Å². The Kier molecular flexibility index (Phi) is 6.11. The quantitative estimate of drug-likeness (QED) is 0.311. The lowest BCUT2D eigenvalue weighted by Gasteiger charge is -2.40. The van der Waals surface area contributed by atoms with Crippen molar-refractivity contribution in [2.45, 2.75) is 55.9 Å². The van der Waals surface area contributed by atoms with E-state index in [2.05, 4.69) is 0 Å². The smallest absolute Gasteiger partial charge is 0.303 e. The molecule has 112 valence electrons. The van der Waals surface area contributed by atoms with E-state index >= 15 is 0 Å². The summed E-state index contributed by atoms with van der Waals surface area (Å²) in [7, 11) is 0. The van der Waals surface area contributed by atoms with Crippen LogP contribution in [0.25, 0.3) is 0 Å². The molecule has 1 heterocycles. The van der Waals surface area contributed by atoms with Crippen molar-refractivity contribution in [2.75, 3.05) is 6.61 Å². The Labute approximate surface area is 109 Å². The third-order valence-electron chi connectivity index (χ3n) is 3.19.